The van der Waals surface area contributed by atoms with Crippen molar-refractivity contribution in [2.75, 3.05) is 19.7 Å². The Kier molecular flexibility index (Phi) is 6.04. The molecule has 6 nitrogen and oxygen atoms in total. The summed E-state index contributed by atoms with van der Waals surface area (Å²) in [6.45, 7) is 4.58. The van der Waals surface area contributed by atoms with Crippen molar-refractivity contribution in [1.29, 1.82) is 0 Å². The zero-order valence-corrected chi connectivity index (χ0v) is 11.8. The van der Waals surface area contributed by atoms with Gasteiger partial charge in [-0.3, -0.25) is 4.79 Å². The van der Waals surface area contributed by atoms with Crippen LogP contribution in [0.5, 0.6) is 0 Å². The van der Waals surface area contributed by atoms with E-state index in [1.807, 2.05) is 6.92 Å². The quantitative estimate of drug-likeness (QED) is 0.724. The SMILES string of the molecule is CCOC(=O)CCNS(=O)(=O)N1CCCCC1C. The van der Waals surface area contributed by atoms with Gasteiger partial charge in [0.15, 0.2) is 0 Å². The summed E-state index contributed by atoms with van der Waals surface area (Å²) in [5, 5.41) is 0. The molecule has 1 aliphatic rings. The monoisotopic (exact) mass is 278 g/mol. The molecule has 1 heterocycles. The number of nitrogens with zero attached hydrogens (tertiary/aromatic N) is 1. The summed E-state index contributed by atoms with van der Waals surface area (Å²) in [6.07, 6.45) is 2.91. The first kappa shape index (κ1) is 15.4. The first-order valence-corrected chi connectivity index (χ1v) is 7.83. The molecule has 0 aromatic rings. The van der Waals surface area contributed by atoms with Gasteiger partial charge in [0, 0.05) is 19.1 Å². The van der Waals surface area contributed by atoms with Crippen molar-refractivity contribution in [3.05, 3.63) is 0 Å². The molecule has 18 heavy (non-hydrogen) atoms. The number of hydrogen-bond donors (Lipinski definition) is 1. The maximum absolute atomic E-state index is 12.0. The van der Waals surface area contributed by atoms with Gasteiger partial charge in [0.1, 0.15) is 0 Å². The molecule has 0 aromatic heterocycles. The Labute approximate surface area is 109 Å². The second kappa shape index (κ2) is 7.06. The van der Waals surface area contributed by atoms with Crippen molar-refractivity contribution in [3.8, 4) is 0 Å². The molecule has 1 N–H and O–H groups in total. The van der Waals surface area contributed by atoms with Crippen LogP contribution in [-0.2, 0) is 19.7 Å². The van der Waals surface area contributed by atoms with E-state index in [-0.39, 0.29) is 25.0 Å². The standard InChI is InChI=1S/C11H22N2O4S/c1-3-17-11(14)7-8-12-18(15,16)13-9-5-4-6-10(13)2/h10,12H,3-9H2,1-2H3. The third-order valence-electron chi connectivity index (χ3n) is 2.97. The fourth-order valence-electron chi connectivity index (χ4n) is 2.03. The van der Waals surface area contributed by atoms with Gasteiger partial charge in [0.25, 0.3) is 10.2 Å². The van der Waals surface area contributed by atoms with Gasteiger partial charge in [-0.1, -0.05) is 6.42 Å². The third-order valence-corrected chi connectivity index (χ3v) is 4.70. The molecule has 1 fully saturated rings. The van der Waals surface area contributed by atoms with Gasteiger partial charge in [-0.25, -0.2) is 4.72 Å². The lowest BCUT2D eigenvalue weighted by Crippen LogP contribution is -2.48. The van der Waals surface area contributed by atoms with Gasteiger partial charge >= 0.3 is 5.97 Å². The van der Waals surface area contributed by atoms with Crippen LogP contribution in [0.25, 0.3) is 0 Å². The Morgan fingerprint density at radius 1 is 1.44 bits per heavy atom. The topological polar surface area (TPSA) is 75.7 Å². The summed E-state index contributed by atoms with van der Waals surface area (Å²) in [4.78, 5) is 11.1. The lowest BCUT2D eigenvalue weighted by molar-refractivity contribution is -0.142. The van der Waals surface area contributed by atoms with Crippen molar-refractivity contribution in [2.24, 2.45) is 0 Å². The summed E-state index contributed by atoms with van der Waals surface area (Å²) in [7, 11) is -3.47. The average molecular weight is 278 g/mol. The van der Waals surface area contributed by atoms with Crippen molar-refractivity contribution in [1.82, 2.24) is 9.03 Å². The molecule has 0 saturated carbocycles. The molecule has 1 unspecified atom stereocenters. The van der Waals surface area contributed by atoms with Crippen LogP contribution in [0.3, 0.4) is 0 Å². The van der Waals surface area contributed by atoms with Gasteiger partial charge < -0.3 is 4.74 Å². The Morgan fingerprint density at radius 2 is 2.17 bits per heavy atom. The summed E-state index contributed by atoms with van der Waals surface area (Å²) in [5.74, 6) is -0.383. The molecular formula is C11H22N2O4S. The Balaban J connectivity index is 2.41. The lowest BCUT2D eigenvalue weighted by atomic mass is 10.1. The van der Waals surface area contributed by atoms with E-state index in [0.717, 1.165) is 19.3 Å². The van der Waals surface area contributed by atoms with Gasteiger partial charge in [0.2, 0.25) is 0 Å². The van der Waals surface area contributed by atoms with Crippen LogP contribution in [0.15, 0.2) is 0 Å². The van der Waals surface area contributed by atoms with Crippen LogP contribution in [-0.4, -0.2) is 44.4 Å². The molecule has 0 spiro atoms. The van der Waals surface area contributed by atoms with E-state index < -0.39 is 10.2 Å². The predicted molar refractivity (Wildman–Crippen MR) is 68.2 cm³/mol. The summed E-state index contributed by atoms with van der Waals surface area (Å²) in [5.41, 5.74) is 0. The van der Waals surface area contributed by atoms with Crippen LogP contribution >= 0.6 is 0 Å². The van der Waals surface area contributed by atoms with Crippen molar-refractivity contribution < 1.29 is 17.9 Å². The van der Waals surface area contributed by atoms with Crippen molar-refractivity contribution >= 4 is 16.2 Å². The van der Waals surface area contributed by atoms with Crippen molar-refractivity contribution in [3.63, 3.8) is 0 Å². The molecule has 1 rings (SSSR count). The van der Waals surface area contributed by atoms with E-state index in [1.165, 1.54) is 4.31 Å². The van der Waals surface area contributed by atoms with E-state index in [0.29, 0.717) is 13.2 Å². The number of hydrogen-bond acceptors (Lipinski definition) is 4. The minimum atomic E-state index is -3.47. The van der Waals surface area contributed by atoms with E-state index in [9.17, 15) is 13.2 Å². The zero-order valence-electron chi connectivity index (χ0n) is 11.0. The van der Waals surface area contributed by atoms with Crippen LogP contribution in [0, 0.1) is 0 Å². The fourth-order valence-corrected chi connectivity index (χ4v) is 3.50. The molecule has 1 aliphatic heterocycles. The summed E-state index contributed by atoms with van der Waals surface area (Å²) in [6, 6.07) is 0.0267. The first-order valence-electron chi connectivity index (χ1n) is 6.39. The number of ether oxygens (including phenoxy) is 1. The second-order valence-electron chi connectivity index (χ2n) is 4.41. The number of carbonyl (C=O) groups excluding carboxylic acids is 1. The number of rotatable bonds is 6. The number of esters is 1. The highest BCUT2D eigenvalue weighted by Gasteiger charge is 2.28. The third kappa shape index (κ3) is 4.55. The van der Waals surface area contributed by atoms with Gasteiger partial charge in [-0.15, -0.1) is 0 Å². The van der Waals surface area contributed by atoms with Crippen LogP contribution in [0.1, 0.15) is 39.5 Å². The van der Waals surface area contributed by atoms with Gasteiger partial charge in [0.05, 0.1) is 13.0 Å². The molecule has 0 aliphatic carbocycles. The minimum Gasteiger partial charge on any atom is -0.466 e. The van der Waals surface area contributed by atoms with E-state index in [2.05, 4.69) is 4.72 Å². The smallest absolute Gasteiger partial charge is 0.307 e. The summed E-state index contributed by atoms with van der Waals surface area (Å²) >= 11 is 0. The van der Waals surface area contributed by atoms with E-state index in [1.54, 1.807) is 6.92 Å². The molecular weight excluding hydrogens is 256 g/mol. The highest BCUT2D eigenvalue weighted by Crippen LogP contribution is 2.18. The Bertz CT molecular complexity index is 369. The van der Waals surface area contributed by atoms with Gasteiger partial charge in [-0.2, -0.15) is 12.7 Å². The molecule has 1 atom stereocenters. The number of carbonyl (C=O) groups is 1. The highest BCUT2D eigenvalue weighted by molar-refractivity contribution is 7.87. The average Bonchev–Trinajstić information content (AvgIpc) is 2.29. The van der Waals surface area contributed by atoms with Crippen LogP contribution < -0.4 is 4.72 Å². The Hall–Kier alpha value is -0.660. The molecule has 0 aromatic carbocycles. The molecule has 7 heteroatoms. The normalized spacial score (nSPS) is 21.8. The molecule has 1 saturated heterocycles. The largest absolute Gasteiger partial charge is 0.466 e. The maximum Gasteiger partial charge on any atom is 0.307 e. The predicted octanol–water partition coefficient (Wildman–Crippen LogP) is 0.648. The van der Waals surface area contributed by atoms with E-state index in [4.69, 9.17) is 4.74 Å². The van der Waals surface area contributed by atoms with Crippen molar-refractivity contribution in [2.45, 2.75) is 45.6 Å². The lowest BCUT2D eigenvalue weighted by Gasteiger charge is -2.32. The molecule has 0 radical (unpaired) electrons. The van der Waals surface area contributed by atoms with Crippen LogP contribution in [0.2, 0.25) is 0 Å². The zero-order chi connectivity index (χ0) is 13.6. The fraction of sp³-hybridized carbons (Fsp3) is 0.909. The Morgan fingerprint density at radius 3 is 2.78 bits per heavy atom. The second-order valence-corrected chi connectivity index (χ2v) is 6.12. The van der Waals surface area contributed by atoms with Gasteiger partial charge in [-0.05, 0) is 26.7 Å². The maximum atomic E-state index is 12.0. The number of piperidine rings is 1. The van der Waals surface area contributed by atoms with E-state index >= 15 is 0 Å². The molecule has 0 bridgehead atoms. The highest BCUT2D eigenvalue weighted by atomic mass is 32.2. The van der Waals surface area contributed by atoms with Crippen LogP contribution in [0.4, 0.5) is 0 Å². The molecule has 106 valence electrons. The first-order chi connectivity index (χ1) is 8.47. The summed E-state index contributed by atoms with van der Waals surface area (Å²) < 4.78 is 32.7. The number of nitrogens with one attached hydrogen (secondary N) is 1. The molecule has 0 amide bonds. The minimum absolute atomic E-state index is 0.0267.